The van der Waals surface area contributed by atoms with Crippen LogP contribution in [0.4, 0.5) is 16.2 Å². The maximum absolute atomic E-state index is 12.0. The molecular formula is C12H13N5O3. The fraction of sp³-hybridized carbons (Fsp3) is 0.167. The Morgan fingerprint density at radius 1 is 1.45 bits per heavy atom. The first-order chi connectivity index (χ1) is 9.56. The largest absolute Gasteiger partial charge is 0.480 e. The fourth-order valence-electron chi connectivity index (χ4n) is 1.53. The highest BCUT2D eigenvalue weighted by Gasteiger charge is 2.12. The Labute approximate surface area is 114 Å². The van der Waals surface area contributed by atoms with Crippen LogP contribution in [0.3, 0.4) is 0 Å². The van der Waals surface area contributed by atoms with Crippen LogP contribution in [-0.4, -0.2) is 38.9 Å². The number of nitrogens with zero attached hydrogens (tertiary/aromatic N) is 4. The van der Waals surface area contributed by atoms with E-state index < -0.39 is 5.97 Å². The van der Waals surface area contributed by atoms with Crippen LogP contribution in [0, 0.1) is 0 Å². The minimum Gasteiger partial charge on any atom is -0.480 e. The van der Waals surface area contributed by atoms with Crippen LogP contribution in [0.2, 0.25) is 0 Å². The van der Waals surface area contributed by atoms with E-state index in [1.165, 1.54) is 22.0 Å². The SMILES string of the molecule is CN(C(=O)Nc1cnn(CC(=O)O)c1)c1cccnc1. The van der Waals surface area contributed by atoms with Crippen LogP contribution >= 0.6 is 0 Å². The Hall–Kier alpha value is -2.90. The third-order valence-corrected chi connectivity index (χ3v) is 2.52. The molecule has 0 bridgehead atoms. The molecule has 2 rings (SSSR count). The molecule has 8 heteroatoms. The maximum atomic E-state index is 12.0. The van der Waals surface area contributed by atoms with Crippen molar-refractivity contribution in [3.8, 4) is 0 Å². The van der Waals surface area contributed by atoms with Crippen molar-refractivity contribution in [3.63, 3.8) is 0 Å². The first-order valence-electron chi connectivity index (χ1n) is 5.75. The molecule has 0 saturated carbocycles. The molecule has 2 N–H and O–H groups in total. The summed E-state index contributed by atoms with van der Waals surface area (Å²) in [6.07, 6.45) is 6.01. The smallest absolute Gasteiger partial charge is 0.326 e. The molecule has 0 atom stereocenters. The monoisotopic (exact) mass is 275 g/mol. The number of aromatic nitrogens is 3. The van der Waals surface area contributed by atoms with E-state index >= 15 is 0 Å². The Balaban J connectivity index is 2.01. The molecule has 0 radical (unpaired) electrons. The van der Waals surface area contributed by atoms with Gasteiger partial charge in [0.25, 0.3) is 0 Å². The zero-order valence-electron chi connectivity index (χ0n) is 10.7. The quantitative estimate of drug-likeness (QED) is 0.868. The number of hydrogen-bond acceptors (Lipinski definition) is 4. The van der Waals surface area contributed by atoms with E-state index in [2.05, 4.69) is 15.4 Å². The average molecular weight is 275 g/mol. The summed E-state index contributed by atoms with van der Waals surface area (Å²) in [5, 5.41) is 15.1. The van der Waals surface area contributed by atoms with E-state index in [9.17, 15) is 9.59 Å². The molecule has 0 spiro atoms. The summed E-state index contributed by atoms with van der Waals surface area (Å²) in [6, 6.07) is 3.11. The molecule has 20 heavy (non-hydrogen) atoms. The van der Waals surface area contributed by atoms with E-state index in [0.717, 1.165) is 0 Å². The summed E-state index contributed by atoms with van der Waals surface area (Å²) in [5.74, 6) is -1.00. The van der Waals surface area contributed by atoms with Crippen molar-refractivity contribution >= 4 is 23.4 Å². The summed E-state index contributed by atoms with van der Waals surface area (Å²) >= 11 is 0. The number of hydrogen-bond donors (Lipinski definition) is 2. The van der Waals surface area contributed by atoms with Crippen LogP contribution in [0.1, 0.15) is 0 Å². The number of carboxylic acid groups (broad SMARTS) is 1. The van der Waals surface area contributed by atoms with E-state index in [-0.39, 0.29) is 12.6 Å². The third kappa shape index (κ3) is 3.31. The Morgan fingerprint density at radius 3 is 2.90 bits per heavy atom. The molecule has 2 heterocycles. The molecule has 0 saturated heterocycles. The van der Waals surface area contributed by atoms with Crippen molar-refractivity contribution in [1.82, 2.24) is 14.8 Å². The normalized spacial score (nSPS) is 10.1. The molecule has 0 aliphatic rings. The van der Waals surface area contributed by atoms with Gasteiger partial charge in [0.1, 0.15) is 6.54 Å². The van der Waals surface area contributed by atoms with Crippen molar-refractivity contribution in [2.24, 2.45) is 0 Å². The molecule has 104 valence electrons. The zero-order chi connectivity index (χ0) is 14.5. The Kier molecular flexibility index (Phi) is 3.94. The molecule has 2 amide bonds. The first kappa shape index (κ1) is 13.5. The summed E-state index contributed by atoms with van der Waals surface area (Å²) < 4.78 is 1.22. The Morgan fingerprint density at radius 2 is 2.25 bits per heavy atom. The molecular weight excluding hydrogens is 262 g/mol. The first-order valence-corrected chi connectivity index (χ1v) is 5.75. The van der Waals surface area contributed by atoms with E-state index in [1.807, 2.05) is 0 Å². The number of pyridine rings is 1. The number of anilines is 2. The van der Waals surface area contributed by atoms with Gasteiger partial charge in [0.15, 0.2) is 0 Å². The van der Waals surface area contributed by atoms with Crippen LogP contribution in [0.15, 0.2) is 36.9 Å². The highest BCUT2D eigenvalue weighted by molar-refractivity contribution is 6.01. The number of carbonyl (C=O) groups is 2. The number of rotatable bonds is 4. The van der Waals surface area contributed by atoms with Gasteiger partial charge in [-0.3, -0.25) is 19.4 Å². The van der Waals surface area contributed by atoms with Crippen molar-refractivity contribution in [2.45, 2.75) is 6.54 Å². The fourth-order valence-corrected chi connectivity index (χ4v) is 1.53. The summed E-state index contributed by atoms with van der Waals surface area (Å²) in [7, 11) is 1.61. The van der Waals surface area contributed by atoms with Gasteiger partial charge in [0.05, 0.1) is 23.8 Å². The van der Waals surface area contributed by atoms with Crippen molar-refractivity contribution in [3.05, 3.63) is 36.9 Å². The lowest BCUT2D eigenvalue weighted by Crippen LogP contribution is -2.31. The number of nitrogens with one attached hydrogen (secondary N) is 1. The molecule has 0 aliphatic carbocycles. The molecule has 2 aromatic rings. The molecule has 0 aliphatic heterocycles. The van der Waals surface area contributed by atoms with Gasteiger partial charge in [-0.1, -0.05) is 0 Å². The zero-order valence-corrected chi connectivity index (χ0v) is 10.7. The average Bonchev–Trinajstić information content (AvgIpc) is 2.85. The second-order valence-corrected chi connectivity index (χ2v) is 4.02. The van der Waals surface area contributed by atoms with Gasteiger partial charge in [-0.2, -0.15) is 5.10 Å². The summed E-state index contributed by atoms with van der Waals surface area (Å²) in [5.41, 5.74) is 1.06. The molecule has 8 nitrogen and oxygen atoms in total. The molecule has 2 aromatic heterocycles. The van der Waals surface area contributed by atoms with Crippen LogP contribution in [0.25, 0.3) is 0 Å². The predicted molar refractivity (Wildman–Crippen MR) is 71.5 cm³/mol. The standard InChI is InChI=1S/C12H13N5O3/c1-16(10-3-2-4-13-6-10)12(20)15-9-5-14-17(7-9)8-11(18)19/h2-7H,8H2,1H3,(H,15,20)(H,18,19). The van der Waals surface area contributed by atoms with E-state index in [1.54, 1.807) is 31.6 Å². The number of aliphatic carboxylic acids is 1. The predicted octanol–water partition coefficient (Wildman–Crippen LogP) is 1.03. The highest BCUT2D eigenvalue weighted by Crippen LogP contribution is 2.12. The lowest BCUT2D eigenvalue weighted by Gasteiger charge is -2.16. The van der Waals surface area contributed by atoms with Crippen molar-refractivity contribution in [1.29, 1.82) is 0 Å². The van der Waals surface area contributed by atoms with E-state index in [4.69, 9.17) is 5.11 Å². The third-order valence-electron chi connectivity index (χ3n) is 2.52. The Bertz CT molecular complexity index is 611. The van der Waals surface area contributed by atoms with Crippen LogP contribution in [-0.2, 0) is 11.3 Å². The van der Waals surface area contributed by atoms with Crippen molar-refractivity contribution in [2.75, 3.05) is 17.3 Å². The minimum atomic E-state index is -1.00. The highest BCUT2D eigenvalue weighted by atomic mass is 16.4. The van der Waals surface area contributed by atoms with Gasteiger partial charge in [-0.15, -0.1) is 0 Å². The minimum absolute atomic E-state index is 0.256. The van der Waals surface area contributed by atoms with Gasteiger partial charge in [0, 0.05) is 19.4 Å². The van der Waals surface area contributed by atoms with Crippen molar-refractivity contribution < 1.29 is 14.7 Å². The van der Waals surface area contributed by atoms with Gasteiger partial charge in [-0.05, 0) is 12.1 Å². The molecule has 0 unspecified atom stereocenters. The number of carbonyl (C=O) groups excluding carboxylic acids is 1. The van der Waals surface area contributed by atoms with Crippen LogP contribution < -0.4 is 10.2 Å². The number of urea groups is 1. The van der Waals surface area contributed by atoms with Gasteiger partial charge in [0.2, 0.25) is 0 Å². The second-order valence-electron chi connectivity index (χ2n) is 4.02. The molecule has 0 aromatic carbocycles. The van der Waals surface area contributed by atoms with Gasteiger partial charge in [-0.25, -0.2) is 4.79 Å². The lowest BCUT2D eigenvalue weighted by atomic mass is 10.4. The van der Waals surface area contributed by atoms with Gasteiger partial charge >= 0.3 is 12.0 Å². The van der Waals surface area contributed by atoms with E-state index in [0.29, 0.717) is 11.4 Å². The summed E-state index contributed by atoms with van der Waals surface area (Å²) in [4.78, 5) is 27.8. The topological polar surface area (TPSA) is 100 Å². The lowest BCUT2D eigenvalue weighted by molar-refractivity contribution is -0.137. The summed E-state index contributed by atoms with van der Waals surface area (Å²) in [6.45, 7) is -0.256. The number of carboxylic acids is 1. The molecule has 0 fully saturated rings. The maximum Gasteiger partial charge on any atom is 0.326 e. The number of amides is 2. The second kappa shape index (κ2) is 5.83. The van der Waals surface area contributed by atoms with Gasteiger partial charge < -0.3 is 10.4 Å². The van der Waals surface area contributed by atoms with Crippen LogP contribution in [0.5, 0.6) is 0 Å².